The first-order valence-corrected chi connectivity index (χ1v) is 21.5. The second-order valence-corrected chi connectivity index (χ2v) is 17.3. The van der Waals surface area contributed by atoms with Gasteiger partial charge < -0.3 is 28.8 Å². The van der Waals surface area contributed by atoms with Gasteiger partial charge >= 0.3 is 11.9 Å². The predicted molar refractivity (Wildman–Crippen MR) is 239 cm³/mol. The van der Waals surface area contributed by atoms with E-state index in [9.17, 15) is 14.7 Å². The van der Waals surface area contributed by atoms with Crippen LogP contribution in [-0.2, 0) is 27.5 Å². The summed E-state index contributed by atoms with van der Waals surface area (Å²) < 4.78 is 28.5. The van der Waals surface area contributed by atoms with Crippen molar-refractivity contribution in [3.63, 3.8) is 0 Å². The van der Waals surface area contributed by atoms with Crippen molar-refractivity contribution < 1.29 is 38.4 Å². The maximum atomic E-state index is 11.8. The number of aryl methyl sites for hydroxylation is 4. The van der Waals surface area contributed by atoms with Crippen LogP contribution in [-0.4, -0.2) is 47.3 Å². The third-order valence-corrected chi connectivity index (χ3v) is 13.0. The highest BCUT2D eigenvalue weighted by atomic mass is 32.1. The number of aliphatic carboxylic acids is 1. The Morgan fingerprint density at radius 2 is 1.10 bits per heavy atom. The molecule has 8 rings (SSSR count). The van der Waals surface area contributed by atoms with Crippen LogP contribution in [0.3, 0.4) is 0 Å². The Bertz CT molecular complexity index is 2570. The normalized spacial score (nSPS) is 15.3. The molecule has 0 saturated carbocycles. The summed E-state index contributed by atoms with van der Waals surface area (Å²) >= 11 is 3.28. The first-order chi connectivity index (χ1) is 29.3. The largest absolute Gasteiger partial charge is 0.489 e. The number of benzene rings is 4. The zero-order valence-electron chi connectivity index (χ0n) is 34.9. The highest BCUT2D eigenvalue weighted by Crippen LogP contribution is 2.42. The molecule has 1 N–H and O–H groups in total. The van der Waals surface area contributed by atoms with Gasteiger partial charge in [0.2, 0.25) is 0 Å². The number of hydrogen-bond acceptors (Lipinski definition) is 11. The molecular weight excluding hydrogens is 809 g/mol. The van der Waals surface area contributed by atoms with Crippen molar-refractivity contribution in [2.24, 2.45) is 0 Å². The standard InChI is InChI=1S/C25H25NO4S.C24H23NO4S/c1-15-5-7-18(8-6-15)25-26-17(3)23(31-25)14-29-19-9-10-20-21(12-24(27)28-4)16(2)13-30-22(20)11-19;1-14-4-6-17(7-5-14)24-25-16(3)22(30-24)13-28-18-8-9-19-20(11-23(26)27)15(2)12-29-21(19)10-18/h5-11,21H,2,12-14H2,1,3-4H3;4-10,20H,2,11-13H2,1,3H3,(H,26,27). The van der Waals surface area contributed by atoms with Crippen LogP contribution in [0.4, 0.5) is 0 Å². The quantitative estimate of drug-likeness (QED) is 0.0939. The van der Waals surface area contributed by atoms with Gasteiger partial charge in [-0.15, -0.1) is 22.7 Å². The molecule has 2 aliphatic heterocycles. The van der Waals surface area contributed by atoms with E-state index in [-0.39, 0.29) is 30.6 Å². The number of carbonyl (C=O) groups excluding carboxylic acids is 1. The zero-order valence-corrected chi connectivity index (χ0v) is 36.5. The summed E-state index contributed by atoms with van der Waals surface area (Å²) in [6.07, 6.45) is 0.269. The van der Waals surface area contributed by atoms with Gasteiger partial charge in [0.15, 0.2) is 0 Å². The molecule has 0 spiro atoms. The molecule has 2 aromatic heterocycles. The van der Waals surface area contributed by atoms with Crippen molar-refractivity contribution in [1.29, 1.82) is 0 Å². The first kappa shape index (κ1) is 42.9. The second-order valence-electron chi connectivity index (χ2n) is 15.1. The van der Waals surface area contributed by atoms with Crippen LogP contribution >= 0.6 is 22.7 Å². The number of carboxylic acids is 1. The lowest BCUT2D eigenvalue weighted by Crippen LogP contribution is -2.20. The minimum Gasteiger partial charge on any atom is -0.489 e. The summed E-state index contributed by atoms with van der Waals surface area (Å²) in [5.41, 5.74) is 10.0. The Balaban J connectivity index is 0.000000184. The van der Waals surface area contributed by atoms with Crippen molar-refractivity contribution in [2.75, 3.05) is 20.3 Å². The van der Waals surface area contributed by atoms with E-state index in [2.05, 4.69) is 80.5 Å². The molecule has 0 radical (unpaired) electrons. The molecule has 314 valence electrons. The maximum Gasteiger partial charge on any atom is 0.306 e. The Morgan fingerprint density at radius 3 is 1.51 bits per heavy atom. The van der Waals surface area contributed by atoms with Crippen LogP contribution in [0.1, 0.15) is 68.1 Å². The smallest absolute Gasteiger partial charge is 0.306 e. The van der Waals surface area contributed by atoms with Crippen molar-refractivity contribution in [2.45, 2.75) is 65.6 Å². The van der Waals surface area contributed by atoms with Gasteiger partial charge in [0.25, 0.3) is 0 Å². The highest BCUT2D eigenvalue weighted by molar-refractivity contribution is 7.15. The third kappa shape index (κ3) is 10.4. The lowest BCUT2D eigenvalue weighted by atomic mass is 9.87. The van der Waals surface area contributed by atoms with Gasteiger partial charge in [0, 0.05) is 46.2 Å². The van der Waals surface area contributed by atoms with E-state index in [1.165, 1.54) is 18.2 Å². The molecule has 10 nitrogen and oxygen atoms in total. The van der Waals surface area contributed by atoms with Gasteiger partial charge in [-0.2, -0.15) is 0 Å². The third-order valence-electron chi connectivity index (χ3n) is 10.6. The molecule has 61 heavy (non-hydrogen) atoms. The monoisotopic (exact) mass is 856 g/mol. The van der Waals surface area contributed by atoms with E-state index in [0.717, 1.165) is 70.3 Å². The van der Waals surface area contributed by atoms with Gasteiger partial charge in [-0.05, 0) is 51.0 Å². The predicted octanol–water partition coefficient (Wildman–Crippen LogP) is 11.1. The number of esters is 1. The fraction of sp³-hybridized carbons (Fsp3) is 0.265. The molecular formula is C49H48N2O8S2. The van der Waals surface area contributed by atoms with Crippen LogP contribution in [0.2, 0.25) is 0 Å². The number of carbonyl (C=O) groups is 2. The number of nitrogens with zero attached hydrogens (tertiary/aromatic N) is 2. The van der Waals surface area contributed by atoms with E-state index in [0.29, 0.717) is 43.7 Å². The van der Waals surface area contributed by atoms with Crippen molar-refractivity contribution in [1.82, 2.24) is 9.97 Å². The Labute approximate surface area is 364 Å². The second kappa shape index (κ2) is 19.0. The maximum absolute atomic E-state index is 11.8. The van der Waals surface area contributed by atoms with Crippen LogP contribution in [0.25, 0.3) is 21.1 Å². The van der Waals surface area contributed by atoms with Gasteiger partial charge in [-0.25, -0.2) is 9.97 Å². The average molecular weight is 857 g/mol. The fourth-order valence-corrected chi connectivity index (χ4v) is 8.97. The average Bonchev–Trinajstić information content (AvgIpc) is 3.82. The Kier molecular flexibility index (Phi) is 13.3. The fourth-order valence-electron chi connectivity index (χ4n) is 7.01. The molecule has 4 heterocycles. The molecule has 0 fully saturated rings. The summed E-state index contributed by atoms with van der Waals surface area (Å²) in [5, 5.41) is 11.2. The molecule has 4 aromatic carbocycles. The van der Waals surface area contributed by atoms with E-state index in [1.807, 2.05) is 50.2 Å². The number of aromatic nitrogens is 2. The number of methoxy groups -OCH3 is 1. The Morgan fingerprint density at radius 1 is 0.672 bits per heavy atom. The van der Waals surface area contributed by atoms with Gasteiger partial charge in [-0.1, -0.05) is 84.9 Å². The van der Waals surface area contributed by atoms with E-state index in [1.54, 1.807) is 22.7 Å². The van der Waals surface area contributed by atoms with Crippen LogP contribution in [0, 0.1) is 27.7 Å². The molecule has 6 aromatic rings. The van der Waals surface area contributed by atoms with Crippen LogP contribution < -0.4 is 18.9 Å². The molecule has 12 heteroatoms. The van der Waals surface area contributed by atoms with Crippen molar-refractivity contribution >= 4 is 34.6 Å². The minimum atomic E-state index is -0.848. The zero-order chi connectivity index (χ0) is 43.2. The van der Waals surface area contributed by atoms with Crippen molar-refractivity contribution in [3.05, 3.63) is 153 Å². The lowest BCUT2D eigenvalue weighted by molar-refractivity contribution is -0.141. The number of rotatable bonds is 12. The summed E-state index contributed by atoms with van der Waals surface area (Å²) in [6, 6.07) is 28.0. The van der Waals surface area contributed by atoms with E-state index in [4.69, 9.17) is 28.7 Å². The molecule has 2 aliphatic rings. The lowest BCUT2D eigenvalue weighted by Gasteiger charge is -2.27. The molecule has 0 bridgehead atoms. The number of fused-ring (bicyclic) bond motifs is 2. The molecule has 0 saturated heterocycles. The minimum absolute atomic E-state index is 0.0112. The molecule has 2 atom stereocenters. The number of ether oxygens (including phenoxy) is 5. The number of carboxylic acid groups (broad SMARTS) is 1. The summed E-state index contributed by atoms with van der Waals surface area (Å²) in [6.45, 7) is 17.7. The summed E-state index contributed by atoms with van der Waals surface area (Å²) in [5.74, 6) is 1.33. The molecule has 0 amide bonds. The molecule has 2 unspecified atom stereocenters. The molecule has 0 aliphatic carbocycles. The van der Waals surface area contributed by atoms with Gasteiger partial charge in [-0.3, -0.25) is 9.59 Å². The summed E-state index contributed by atoms with van der Waals surface area (Å²) in [4.78, 5) is 34.5. The van der Waals surface area contributed by atoms with E-state index >= 15 is 0 Å². The van der Waals surface area contributed by atoms with Crippen molar-refractivity contribution in [3.8, 4) is 44.1 Å². The Hall–Kier alpha value is -6.24. The highest BCUT2D eigenvalue weighted by Gasteiger charge is 2.29. The number of thiazole rings is 2. The van der Waals surface area contributed by atoms with Crippen LogP contribution in [0.15, 0.2) is 109 Å². The topological polar surface area (TPSA) is 126 Å². The number of hydrogen-bond donors (Lipinski definition) is 1. The first-order valence-electron chi connectivity index (χ1n) is 19.8. The van der Waals surface area contributed by atoms with Gasteiger partial charge in [0.1, 0.15) is 59.4 Å². The SMILES string of the molecule is C=C1COc2cc(OCc3sc(-c4ccc(C)cc4)nc3C)ccc2C1CC(=O)O.C=C1COc2cc(OCc3sc(-c4ccc(C)cc4)nc3C)ccc2C1CC(=O)OC. The van der Waals surface area contributed by atoms with E-state index < -0.39 is 5.97 Å². The van der Waals surface area contributed by atoms with Gasteiger partial charge in [0.05, 0.1) is 41.1 Å². The van der Waals surface area contributed by atoms with Crippen LogP contribution in [0.5, 0.6) is 23.0 Å². The summed E-state index contributed by atoms with van der Waals surface area (Å²) in [7, 11) is 1.40.